The van der Waals surface area contributed by atoms with Crippen molar-refractivity contribution in [2.24, 2.45) is 0 Å². The van der Waals surface area contributed by atoms with Gasteiger partial charge in [0.15, 0.2) is 0 Å². The molecular weight excluding hydrogens is 457 g/mol. The molecule has 0 saturated carbocycles. The van der Waals surface area contributed by atoms with E-state index in [1.807, 2.05) is 48.5 Å². The molecule has 1 aliphatic heterocycles. The Bertz CT molecular complexity index is 1320. The number of fused-ring (bicyclic) bond motifs is 2. The number of nitrogens with zero attached hydrogens (tertiary/aromatic N) is 1. The molecule has 0 spiro atoms. The van der Waals surface area contributed by atoms with Crippen LogP contribution in [0.3, 0.4) is 0 Å². The molecule has 2 aromatic heterocycles. The van der Waals surface area contributed by atoms with Gasteiger partial charge in [0.05, 0.1) is 0 Å². The molecule has 5 rings (SSSR count). The fraction of sp³-hybridized carbons (Fsp3) is 0.143. The summed E-state index contributed by atoms with van der Waals surface area (Å²) in [6, 6.07) is 15.1. The van der Waals surface area contributed by atoms with Crippen LogP contribution < -0.4 is 37.5 Å². The van der Waals surface area contributed by atoms with Gasteiger partial charge < -0.3 is 0 Å². The Labute approximate surface area is 164 Å². The second-order valence-corrected chi connectivity index (χ2v) is 9.36. The summed E-state index contributed by atoms with van der Waals surface area (Å²) in [7, 11) is 0. The molecule has 0 bridgehead atoms. The van der Waals surface area contributed by atoms with Crippen molar-refractivity contribution in [3.05, 3.63) is 82.0 Å². The van der Waals surface area contributed by atoms with Gasteiger partial charge in [-0.25, -0.2) is 0 Å². The van der Waals surface area contributed by atoms with Crippen LogP contribution >= 0.6 is 0 Å². The zero-order valence-corrected chi connectivity index (χ0v) is 16.4. The summed E-state index contributed by atoms with van der Waals surface area (Å²) in [5.74, 6) is -0.468. The van der Waals surface area contributed by atoms with E-state index in [1.165, 1.54) is 0 Å². The Hall–Kier alpha value is -2.61. The molecular formula is C21H14INO4-2. The van der Waals surface area contributed by atoms with E-state index in [1.54, 1.807) is 4.57 Å². The fourth-order valence-corrected chi connectivity index (χ4v) is 5.96. The van der Waals surface area contributed by atoms with Crippen LogP contribution in [0, 0.1) is 7.14 Å². The van der Waals surface area contributed by atoms with Crippen LogP contribution in [0.5, 0.6) is 5.75 Å². The second-order valence-electron chi connectivity index (χ2n) is 6.50. The van der Waals surface area contributed by atoms with Gasteiger partial charge in [-0.15, -0.1) is 0 Å². The number of hydrogen-bond donors (Lipinski definition) is 0. The van der Waals surface area contributed by atoms with Crippen molar-refractivity contribution in [3.8, 4) is 5.75 Å². The molecule has 0 N–H and O–H groups in total. The van der Waals surface area contributed by atoms with E-state index in [0.29, 0.717) is 11.9 Å². The molecule has 0 amide bonds. The summed E-state index contributed by atoms with van der Waals surface area (Å²) >= 11 is -1.02. The first kappa shape index (κ1) is 16.6. The van der Waals surface area contributed by atoms with Gasteiger partial charge in [-0.1, -0.05) is 0 Å². The van der Waals surface area contributed by atoms with E-state index in [0.717, 1.165) is 27.5 Å². The summed E-state index contributed by atoms with van der Waals surface area (Å²) in [6.45, 7) is 0.573. The first-order valence-corrected chi connectivity index (χ1v) is 10.8. The van der Waals surface area contributed by atoms with E-state index < -0.39 is 32.6 Å². The van der Waals surface area contributed by atoms with Gasteiger partial charge in [0.25, 0.3) is 0 Å². The van der Waals surface area contributed by atoms with Gasteiger partial charge in [-0.2, -0.15) is 0 Å². The van der Waals surface area contributed by atoms with Gasteiger partial charge in [0.1, 0.15) is 0 Å². The number of halogens is 1. The van der Waals surface area contributed by atoms with Crippen LogP contribution in [0.4, 0.5) is 0 Å². The average molecular weight is 471 g/mol. The van der Waals surface area contributed by atoms with Crippen LogP contribution in [-0.4, -0.2) is 4.57 Å². The first-order chi connectivity index (χ1) is 13.1. The van der Waals surface area contributed by atoms with Gasteiger partial charge in [0, 0.05) is 0 Å². The number of para-hydroxylation sites is 1. The SMILES string of the molecule is O=c1oc2c(c([O-])c1[I-]c1ccccc1)c(=O)n1c3c(cccc23)CCC1. The maximum atomic E-state index is 13.1. The molecule has 0 radical (unpaired) electrons. The summed E-state index contributed by atoms with van der Waals surface area (Å²) in [6.07, 6.45) is 1.72. The zero-order valence-electron chi connectivity index (χ0n) is 14.2. The molecule has 0 fully saturated rings. The zero-order chi connectivity index (χ0) is 18.5. The molecule has 0 unspecified atom stereocenters. The average Bonchev–Trinajstić information content (AvgIpc) is 2.69. The van der Waals surface area contributed by atoms with Crippen molar-refractivity contribution < 1.29 is 30.7 Å². The molecule has 4 aromatic rings. The van der Waals surface area contributed by atoms with Crippen molar-refractivity contribution in [3.63, 3.8) is 0 Å². The standard InChI is InChI=1S/C21H15INO4/c24-18-15-19(27-21(26)16(18)22-13-8-2-1-3-9-13)14-10-4-6-12-7-5-11-23(17(12)14)20(15)25/h1-4,6,8-10,24H,5,7,11H2/q-1/p-1. The Kier molecular flexibility index (Phi) is 3.82. The van der Waals surface area contributed by atoms with Gasteiger partial charge >= 0.3 is 164 Å². The predicted octanol–water partition coefficient (Wildman–Crippen LogP) is -0.744. The number of pyridine rings is 1. The van der Waals surface area contributed by atoms with Crippen LogP contribution in [0.15, 0.2) is 62.5 Å². The molecule has 6 heteroatoms. The van der Waals surface area contributed by atoms with E-state index in [9.17, 15) is 14.7 Å². The minimum atomic E-state index is -1.02. The quantitative estimate of drug-likeness (QED) is 0.285. The number of aryl methyl sites for hydroxylation is 2. The van der Waals surface area contributed by atoms with Crippen molar-refractivity contribution in [1.29, 1.82) is 0 Å². The van der Waals surface area contributed by atoms with Gasteiger partial charge in [-0.3, -0.25) is 0 Å². The summed E-state index contributed by atoms with van der Waals surface area (Å²) < 4.78 is 8.30. The van der Waals surface area contributed by atoms with Crippen molar-refractivity contribution >= 4 is 21.9 Å². The monoisotopic (exact) mass is 471 g/mol. The molecule has 5 nitrogen and oxygen atoms in total. The number of rotatable bonds is 2. The van der Waals surface area contributed by atoms with Gasteiger partial charge in [0.2, 0.25) is 0 Å². The van der Waals surface area contributed by atoms with E-state index in [2.05, 4.69) is 0 Å². The van der Waals surface area contributed by atoms with E-state index >= 15 is 0 Å². The number of hydrogen-bond acceptors (Lipinski definition) is 4. The van der Waals surface area contributed by atoms with E-state index in [-0.39, 0.29) is 20.1 Å². The molecule has 0 atom stereocenters. The third-order valence-electron chi connectivity index (χ3n) is 4.89. The molecule has 136 valence electrons. The van der Waals surface area contributed by atoms with Crippen LogP contribution in [0.2, 0.25) is 0 Å². The molecule has 0 aliphatic carbocycles. The van der Waals surface area contributed by atoms with Crippen LogP contribution in [-0.2, 0) is 13.0 Å². The van der Waals surface area contributed by atoms with Crippen molar-refractivity contribution in [2.75, 3.05) is 0 Å². The second kappa shape index (κ2) is 6.23. The fourth-order valence-electron chi connectivity index (χ4n) is 3.72. The molecule has 1 aliphatic rings. The third-order valence-corrected chi connectivity index (χ3v) is 7.70. The Morgan fingerprint density at radius 2 is 1.85 bits per heavy atom. The summed E-state index contributed by atoms with van der Waals surface area (Å²) in [4.78, 5) is 25.7. The Morgan fingerprint density at radius 3 is 2.67 bits per heavy atom. The molecule has 2 aromatic carbocycles. The number of benzene rings is 2. The normalized spacial score (nSPS) is 13.5. The van der Waals surface area contributed by atoms with Crippen molar-refractivity contribution in [2.45, 2.75) is 19.4 Å². The molecule has 3 heterocycles. The van der Waals surface area contributed by atoms with Crippen LogP contribution in [0.25, 0.3) is 21.9 Å². The molecule has 27 heavy (non-hydrogen) atoms. The summed E-state index contributed by atoms with van der Waals surface area (Å²) in [5, 5.41) is 13.8. The van der Waals surface area contributed by atoms with Crippen LogP contribution in [0.1, 0.15) is 12.0 Å². The maximum absolute atomic E-state index is 13.1. The minimum absolute atomic E-state index is 0.00628. The van der Waals surface area contributed by atoms with E-state index in [4.69, 9.17) is 4.42 Å². The van der Waals surface area contributed by atoms with Crippen molar-refractivity contribution in [1.82, 2.24) is 4.57 Å². The molecule has 0 saturated heterocycles. The topological polar surface area (TPSA) is 75.3 Å². The predicted molar refractivity (Wildman–Crippen MR) is 95.9 cm³/mol. The first-order valence-electron chi connectivity index (χ1n) is 8.67. The summed E-state index contributed by atoms with van der Waals surface area (Å²) in [5.41, 5.74) is 0.996. The van der Waals surface area contributed by atoms with Gasteiger partial charge in [-0.05, 0) is 0 Å². The Balaban J connectivity index is 1.88. The number of aromatic nitrogens is 1. The third kappa shape index (κ3) is 2.50. The Morgan fingerprint density at radius 1 is 1.04 bits per heavy atom.